The number of nitrogens with two attached hydrogens (primary N) is 1. The van der Waals surface area contributed by atoms with Gasteiger partial charge in [-0.2, -0.15) is 0 Å². The molecule has 4 N–H and O–H groups in total. The zero-order valence-electron chi connectivity index (χ0n) is 12.7. The molecule has 120 valence electrons. The average Bonchev–Trinajstić information content (AvgIpc) is 2.60. The Balaban J connectivity index is 1.94. The van der Waals surface area contributed by atoms with E-state index in [1.807, 2.05) is 0 Å². The lowest BCUT2D eigenvalue weighted by Gasteiger charge is -2.16. The van der Waals surface area contributed by atoms with Crippen LogP contribution in [0.4, 0.5) is 0 Å². The van der Waals surface area contributed by atoms with E-state index in [1.165, 1.54) is 6.07 Å². The van der Waals surface area contributed by atoms with Gasteiger partial charge in [-0.1, -0.05) is 42.5 Å². The quantitative estimate of drug-likeness (QED) is 0.678. The van der Waals surface area contributed by atoms with Crippen molar-refractivity contribution in [1.29, 1.82) is 0 Å². The molecular weight excluding hydrogens is 306 g/mol. The third-order valence-electron chi connectivity index (χ3n) is 3.67. The highest BCUT2D eigenvalue weighted by atomic mass is 16.2. The molecule has 0 unspecified atom stereocenters. The number of hydrogen-bond donors (Lipinski definition) is 3. The van der Waals surface area contributed by atoms with Gasteiger partial charge in [-0.05, 0) is 17.7 Å². The zero-order valence-corrected chi connectivity index (χ0v) is 12.7. The monoisotopic (exact) mass is 321 g/mol. The highest BCUT2D eigenvalue weighted by molar-refractivity contribution is 5.97. The van der Waals surface area contributed by atoms with E-state index in [0.29, 0.717) is 16.5 Å². The lowest BCUT2D eigenvalue weighted by atomic mass is 10.1. The van der Waals surface area contributed by atoms with Crippen LogP contribution in [0.15, 0.2) is 65.5 Å². The lowest BCUT2D eigenvalue weighted by molar-refractivity contribution is -0.120. The van der Waals surface area contributed by atoms with Crippen LogP contribution in [-0.2, 0) is 4.79 Å². The molecule has 1 atom stereocenters. The summed E-state index contributed by atoms with van der Waals surface area (Å²) in [5, 5.41) is 3.05. The SMILES string of the molecule is NC(=O)[C@H](NC(=O)c1cc(=O)c2ccccc2[nH]1)c1ccccc1. The Kier molecular flexibility index (Phi) is 4.11. The fourth-order valence-electron chi connectivity index (χ4n) is 2.49. The Hall–Kier alpha value is -3.41. The summed E-state index contributed by atoms with van der Waals surface area (Å²) >= 11 is 0. The summed E-state index contributed by atoms with van der Waals surface area (Å²) < 4.78 is 0. The van der Waals surface area contributed by atoms with Crippen LogP contribution in [0.1, 0.15) is 22.1 Å². The minimum Gasteiger partial charge on any atom is -0.368 e. The van der Waals surface area contributed by atoms with Gasteiger partial charge in [0.15, 0.2) is 5.43 Å². The van der Waals surface area contributed by atoms with Crippen molar-refractivity contribution in [3.05, 3.63) is 82.1 Å². The van der Waals surface area contributed by atoms with Crippen molar-refractivity contribution in [3.63, 3.8) is 0 Å². The number of carbonyl (C=O) groups excluding carboxylic acids is 2. The highest BCUT2D eigenvalue weighted by Gasteiger charge is 2.21. The van der Waals surface area contributed by atoms with E-state index in [1.54, 1.807) is 54.6 Å². The predicted molar refractivity (Wildman–Crippen MR) is 90.4 cm³/mol. The molecule has 0 saturated carbocycles. The predicted octanol–water partition coefficient (Wildman–Crippen LogP) is 1.48. The van der Waals surface area contributed by atoms with Gasteiger partial charge in [-0.3, -0.25) is 14.4 Å². The molecule has 0 aliphatic heterocycles. The van der Waals surface area contributed by atoms with Crippen LogP contribution < -0.4 is 16.5 Å². The number of nitrogens with one attached hydrogen (secondary N) is 2. The van der Waals surface area contributed by atoms with Gasteiger partial charge in [0.25, 0.3) is 5.91 Å². The summed E-state index contributed by atoms with van der Waals surface area (Å²) in [4.78, 5) is 39.1. The standard InChI is InChI=1S/C18H15N3O3/c19-17(23)16(11-6-2-1-3-7-11)21-18(24)14-10-15(22)12-8-4-5-9-13(12)20-14/h1-10,16H,(H2,19,23)(H,20,22)(H,21,24)/t16-/m1/s1. The normalized spacial score (nSPS) is 11.8. The first kappa shape index (κ1) is 15.5. The molecule has 3 rings (SSSR count). The van der Waals surface area contributed by atoms with E-state index in [-0.39, 0.29) is 11.1 Å². The van der Waals surface area contributed by atoms with Crippen LogP contribution in [0.25, 0.3) is 10.9 Å². The topological polar surface area (TPSA) is 105 Å². The van der Waals surface area contributed by atoms with Gasteiger partial charge in [-0.15, -0.1) is 0 Å². The minimum atomic E-state index is -0.978. The van der Waals surface area contributed by atoms with Crippen LogP contribution in [0.5, 0.6) is 0 Å². The largest absolute Gasteiger partial charge is 0.368 e. The van der Waals surface area contributed by atoms with E-state index < -0.39 is 17.9 Å². The maximum absolute atomic E-state index is 12.4. The number of aromatic nitrogens is 1. The number of fused-ring (bicyclic) bond motifs is 1. The minimum absolute atomic E-state index is 0.0703. The Labute approximate surface area is 137 Å². The summed E-state index contributed by atoms with van der Waals surface area (Å²) in [5.41, 5.74) is 6.30. The molecule has 1 aromatic heterocycles. The molecule has 2 aromatic carbocycles. The van der Waals surface area contributed by atoms with Gasteiger partial charge in [0.1, 0.15) is 11.7 Å². The molecule has 1 heterocycles. The lowest BCUT2D eigenvalue weighted by Crippen LogP contribution is -2.38. The summed E-state index contributed by atoms with van der Waals surface area (Å²) in [7, 11) is 0. The van der Waals surface area contributed by atoms with Gasteiger partial charge in [0.2, 0.25) is 5.91 Å². The van der Waals surface area contributed by atoms with Gasteiger partial charge < -0.3 is 16.0 Å². The van der Waals surface area contributed by atoms with Crippen LogP contribution in [0.3, 0.4) is 0 Å². The molecule has 6 nitrogen and oxygen atoms in total. The van der Waals surface area contributed by atoms with Crippen LogP contribution in [0.2, 0.25) is 0 Å². The first-order chi connectivity index (χ1) is 11.6. The number of H-pyrrole nitrogens is 1. The molecule has 0 aliphatic rings. The number of carbonyl (C=O) groups is 2. The van der Waals surface area contributed by atoms with Gasteiger partial charge in [0.05, 0.1) is 0 Å². The molecule has 3 aromatic rings. The van der Waals surface area contributed by atoms with E-state index in [0.717, 1.165) is 0 Å². The second kappa shape index (κ2) is 6.37. The number of rotatable bonds is 4. The Morgan fingerprint density at radius 2 is 1.67 bits per heavy atom. The number of amides is 2. The molecule has 0 spiro atoms. The second-order valence-electron chi connectivity index (χ2n) is 5.31. The van der Waals surface area contributed by atoms with E-state index in [4.69, 9.17) is 5.73 Å². The van der Waals surface area contributed by atoms with Crippen LogP contribution in [-0.4, -0.2) is 16.8 Å². The van der Waals surface area contributed by atoms with Crippen LogP contribution in [0, 0.1) is 0 Å². The average molecular weight is 321 g/mol. The maximum atomic E-state index is 12.4. The van der Waals surface area contributed by atoms with Crippen molar-refractivity contribution in [2.75, 3.05) is 0 Å². The smallest absolute Gasteiger partial charge is 0.268 e. The Bertz CT molecular complexity index is 964. The van der Waals surface area contributed by atoms with Gasteiger partial charge in [-0.25, -0.2) is 0 Å². The van der Waals surface area contributed by atoms with Gasteiger partial charge in [0, 0.05) is 17.0 Å². The maximum Gasteiger partial charge on any atom is 0.268 e. The molecule has 0 radical (unpaired) electrons. The third-order valence-corrected chi connectivity index (χ3v) is 3.67. The number of para-hydroxylation sites is 1. The van der Waals surface area contributed by atoms with E-state index in [9.17, 15) is 14.4 Å². The number of aromatic amines is 1. The fourth-order valence-corrected chi connectivity index (χ4v) is 2.49. The molecule has 0 fully saturated rings. The first-order valence-corrected chi connectivity index (χ1v) is 7.33. The molecule has 24 heavy (non-hydrogen) atoms. The Morgan fingerprint density at radius 3 is 2.38 bits per heavy atom. The van der Waals surface area contributed by atoms with Crippen molar-refractivity contribution < 1.29 is 9.59 Å². The fraction of sp³-hybridized carbons (Fsp3) is 0.0556. The number of pyridine rings is 1. The zero-order chi connectivity index (χ0) is 17.1. The van der Waals surface area contributed by atoms with E-state index in [2.05, 4.69) is 10.3 Å². The van der Waals surface area contributed by atoms with Crippen molar-refractivity contribution in [3.8, 4) is 0 Å². The second-order valence-corrected chi connectivity index (χ2v) is 5.31. The number of primary amides is 1. The van der Waals surface area contributed by atoms with Crippen molar-refractivity contribution in [2.24, 2.45) is 5.73 Å². The first-order valence-electron chi connectivity index (χ1n) is 7.33. The molecule has 0 bridgehead atoms. The number of hydrogen-bond acceptors (Lipinski definition) is 3. The highest BCUT2D eigenvalue weighted by Crippen LogP contribution is 2.13. The van der Waals surface area contributed by atoms with Crippen LogP contribution >= 0.6 is 0 Å². The van der Waals surface area contributed by atoms with Crippen molar-refractivity contribution in [1.82, 2.24) is 10.3 Å². The molecular formula is C18H15N3O3. The van der Waals surface area contributed by atoms with Gasteiger partial charge >= 0.3 is 0 Å². The third kappa shape index (κ3) is 3.03. The van der Waals surface area contributed by atoms with E-state index >= 15 is 0 Å². The molecule has 6 heteroatoms. The summed E-state index contributed by atoms with van der Waals surface area (Å²) in [6.45, 7) is 0. The van der Waals surface area contributed by atoms with Crippen molar-refractivity contribution >= 4 is 22.7 Å². The molecule has 0 aliphatic carbocycles. The Morgan fingerprint density at radius 1 is 1.00 bits per heavy atom. The summed E-state index contributed by atoms with van der Waals surface area (Å²) in [6, 6.07) is 15.8. The molecule has 2 amide bonds. The number of benzene rings is 2. The summed E-state index contributed by atoms with van der Waals surface area (Å²) in [6.07, 6.45) is 0. The molecule has 0 saturated heterocycles. The van der Waals surface area contributed by atoms with Crippen molar-refractivity contribution in [2.45, 2.75) is 6.04 Å². The summed E-state index contributed by atoms with van der Waals surface area (Å²) in [5.74, 6) is -1.26.